The molecule has 2 nitrogen and oxygen atoms in total. The zero-order chi connectivity index (χ0) is 14.5. The van der Waals surface area contributed by atoms with Gasteiger partial charge < -0.3 is 5.32 Å². The number of halogens is 1. The first-order valence-corrected chi connectivity index (χ1v) is 6.60. The van der Waals surface area contributed by atoms with Crippen molar-refractivity contribution in [1.82, 2.24) is 10.3 Å². The van der Waals surface area contributed by atoms with Gasteiger partial charge in [-0.2, -0.15) is 0 Å². The monoisotopic (exact) mass is 276 g/mol. The van der Waals surface area contributed by atoms with Gasteiger partial charge >= 0.3 is 0 Å². The van der Waals surface area contributed by atoms with Gasteiger partial charge in [0.15, 0.2) is 0 Å². The van der Waals surface area contributed by atoms with Crippen LogP contribution in [-0.2, 0) is 6.54 Å². The molecule has 0 amide bonds. The summed E-state index contributed by atoms with van der Waals surface area (Å²) in [5.41, 5.74) is 2.03. The molecule has 1 aromatic heterocycles. The third-order valence-corrected chi connectivity index (χ3v) is 2.22. The van der Waals surface area contributed by atoms with E-state index in [9.17, 15) is 0 Å². The number of pyridine rings is 1. The number of aromatic nitrogens is 1. The lowest BCUT2D eigenvalue weighted by Crippen LogP contribution is -2.11. The van der Waals surface area contributed by atoms with Gasteiger partial charge in [0.05, 0.1) is 0 Å². The summed E-state index contributed by atoms with van der Waals surface area (Å²) in [5, 5.41) is 3.77. The van der Waals surface area contributed by atoms with Gasteiger partial charge in [-0.25, -0.2) is 4.98 Å². The number of rotatable bonds is 6. The molecule has 0 saturated heterocycles. The summed E-state index contributed by atoms with van der Waals surface area (Å²) < 4.78 is 0. The van der Waals surface area contributed by atoms with Gasteiger partial charge in [0.25, 0.3) is 0 Å². The molecule has 0 aromatic carbocycles. The maximum absolute atomic E-state index is 5.71. The van der Waals surface area contributed by atoms with Crippen LogP contribution < -0.4 is 5.32 Å². The highest BCUT2D eigenvalue weighted by Gasteiger charge is 1.94. The van der Waals surface area contributed by atoms with Gasteiger partial charge in [-0.15, -0.1) is 0 Å². The maximum Gasteiger partial charge on any atom is 0.129 e. The van der Waals surface area contributed by atoms with Crippen molar-refractivity contribution in [2.24, 2.45) is 0 Å². The van der Waals surface area contributed by atoms with E-state index in [4.69, 9.17) is 11.6 Å². The van der Waals surface area contributed by atoms with Crippen LogP contribution in [0.2, 0.25) is 5.15 Å². The van der Waals surface area contributed by atoms with E-state index in [2.05, 4.69) is 23.5 Å². The number of nitrogens with zero attached hydrogens (tertiary/aromatic N) is 1. The minimum atomic E-state index is 0.502. The number of nitrogens with one attached hydrogen (secondary N) is 1. The average molecular weight is 277 g/mol. The summed E-state index contributed by atoms with van der Waals surface area (Å²) in [6.45, 7) is 12.0. The Kier molecular flexibility index (Phi) is 10.2. The van der Waals surface area contributed by atoms with Crippen LogP contribution in [0, 0.1) is 0 Å². The van der Waals surface area contributed by atoms with Crippen molar-refractivity contribution in [3.05, 3.63) is 78.3 Å². The highest BCUT2D eigenvalue weighted by Crippen LogP contribution is 2.05. The van der Waals surface area contributed by atoms with Crippen molar-refractivity contribution in [2.75, 3.05) is 0 Å². The second-order valence-electron chi connectivity index (χ2n) is 3.30. The SMILES string of the molecule is C=C/C=C\C(=C/C=C)NCc1ccc(Cl)nc1.CC. The van der Waals surface area contributed by atoms with Gasteiger partial charge in [0, 0.05) is 18.4 Å². The van der Waals surface area contributed by atoms with E-state index in [1.807, 2.05) is 38.1 Å². The van der Waals surface area contributed by atoms with E-state index in [0.29, 0.717) is 11.7 Å². The fourth-order valence-electron chi connectivity index (χ4n) is 1.19. The Morgan fingerprint density at radius 2 is 2.05 bits per heavy atom. The van der Waals surface area contributed by atoms with Crippen LogP contribution in [0.15, 0.2) is 67.6 Å². The molecule has 1 aromatic rings. The molecule has 0 unspecified atom stereocenters. The standard InChI is InChI=1S/C14H15ClN2.C2H6/c1-3-5-7-13(6-4-2)16-10-12-8-9-14(15)17-11-12;1-2/h3-9,11,16H,1-2,10H2;1-2H3/b7-5-,13-6+;. The Morgan fingerprint density at radius 3 is 2.58 bits per heavy atom. The average Bonchev–Trinajstić information content (AvgIpc) is 2.46. The summed E-state index contributed by atoms with van der Waals surface area (Å²) in [4.78, 5) is 4.02. The second kappa shape index (κ2) is 11.3. The molecule has 0 aliphatic heterocycles. The second-order valence-corrected chi connectivity index (χ2v) is 3.68. The van der Waals surface area contributed by atoms with Crippen molar-refractivity contribution in [2.45, 2.75) is 20.4 Å². The minimum Gasteiger partial charge on any atom is -0.381 e. The highest BCUT2D eigenvalue weighted by molar-refractivity contribution is 6.29. The first-order valence-electron chi connectivity index (χ1n) is 6.22. The van der Waals surface area contributed by atoms with Gasteiger partial charge in [-0.1, -0.05) is 62.9 Å². The molecule has 0 bridgehead atoms. The van der Waals surface area contributed by atoms with E-state index in [0.717, 1.165) is 11.3 Å². The molecule has 0 aliphatic carbocycles. The zero-order valence-electron chi connectivity index (χ0n) is 11.6. The van der Waals surface area contributed by atoms with E-state index in [1.54, 1.807) is 24.4 Å². The van der Waals surface area contributed by atoms with E-state index in [1.165, 1.54) is 0 Å². The fourth-order valence-corrected chi connectivity index (χ4v) is 1.30. The predicted octanol–water partition coefficient (Wildman–Crippen LogP) is 4.66. The van der Waals surface area contributed by atoms with Crippen LogP contribution in [0.3, 0.4) is 0 Å². The Morgan fingerprint density at radius 1 is 1.32 bits per heavy atom. The van der Waals surface area contributed by atoms with E-state index < -0.39 is 0 Å². The molecule has 0 atom stereocenters. The number of allylic oxidation sites excluding steroid dienone is 5. The van der Waals surface area contributed by atoms with Crippen LogP contribution in [0.4, 0.5) is 0 Å². The summed E-state index contributed by atoms with van der Waals surface area (Å²) in [7, 11) is 0. The van der Waals surface area contributed by atoms with Crippen LogP contribution >= 0.6 is 11.6 Å². The molecule has 1 N–H and O–H groups in total. The Bertz CT molecular complexity index is 431. The third-order valence-electron chi connectivity index (χ3n) is 1.99. The minimum absolute atomic E-state index is 0.502. The lowest BCUT2D eigenvalue weighted by atomic mass is 10.2. The van der Waals surface area contributed by atoms with Crippen molar-refractivity contribution in [1.29, 1.82) is 0 Å². The number of hydrogen-bond donors (Lipinski definition) is 1. The summed E-state index contributed by atoms with van der Waals surface area (Å²) in [5.74, 6) is 0. The molecule has 0 radical (unpaired) electrons. The summed E-state index contributed by atoms with van der Waals surface area (Å²) >= 11 is 5.71. The molecular formula is C16H21ClN2. The summed E-state index contributed by atoms with van der Waals surface area (Å²) in [6.07, 6.45) is 10.9. The largest absolute Gasteiger partial charge is 0.381 e. The Labute approximate surface area is 121 Å². The molecule has 0 spiro atoms. The lowest BCUT2D eigenvalue weighted by molar-refractivity contribution is 0.828. The Balaban J connectivity index is 0.00000154. The highest BCUT2D eigenvalue weighted by atomic mass is 35.5. The summed E-state index contributed by atoms with van der Waals surface area (Å²) in [6, 6.07) is 3.71. The molecule has 1 rings (SSSR count). The van der Waals surface area contributed by atoms with E-state index >= 15 is 0 Å². The predicted molar refractivity (Wildman–Crippen MR) is 85.1 cm³/mol. The fraction of sp³-hybridized carbons (Fsp3) is 0.188. The molecular weight excluding hydrogens is 256 g/mol. The van der Waals surface area contributed by atoms with Gasteiger partial charge in [0.2, 0.25) is 0 Å². The number of hydrogen-bond acceptors (Lipinski definition) is 2. The Hall–Kier alpha value is -1.80. The van der Waals surface area contributed by atoms with Crippen LogP contribution in [0.25, 0.3) is 0 Å². The lowest BCUT2D eigenvalue weighted by Gasteiger charge is -2.06. The van der Waals surface area contributed by atoms with Gasteiger partial charge in [0.1, 0.15) is 5.15 Å². The van der Waals surface area contributed by atoms with Crippen LogP contribution in [-0.4, -0.2) is 4.98 Å². The zero-order valence-corrected chi connectivity index (χ0v) is 12.3. The van der Waals surface area contributed by atoms with Crippen molar-refractivity contribution >= 4 is 11.6 Å². The molecule has 102 valence electrons. The third kappa shape index (κ3) is 8.01. The first-order chi connectivity index (χ1) is 9.26. The van der Waals surface area contributed by atoms with Gasteiger partial charge in [-0.05, 0) is 23.8 Å². The van der Waals surface area contributed by atoms with E-state index in [-0.39, 0.29) is 0 Å². The first kappa shape index (κ1) is 17.2. The molecule has 1 heterocycles. The van der Waals surface area contributed by atoms with Crippen LogP contribution in [0.1, 0.15) is 19.4 Å². The molecule has 3 heteroatoms. The molecule has 0 fully saturated rings. The van der Waals surface area contributed by atoms with Crippen molar-refractivity contribution < 1.29 is 0 Å². The molecule has 0 saturated carbocycles. The smallest absolute Gasteiger partial charge is 0.129 e. The normalized spacial score (nSPS) is 10.6. The topological polar surface area (TPSA) is 24.9 Å². The molecule has 19 heavy (non-hydrogen) atoms. The van der Waals surface area contributed by atoms with Crippen molar-refractivity contribution in [3.63, 3.8) is 0 Å². The molecule has 0 aliphatic rings. The quantitative estimate of drug-likeness (QED) is 0.604. The maximum atomic E-state index is 5.71. The van der Waals surface area contributed by atoms with Gasteiger partial charge in [-0.3, -0.25) is 0 Å². The van der Waals surface area contributed by atoms with Crippen LogP contribution in [0.5, 0.6) is 0 Å². The van der Waals surface area contributed by atoms with Crippen molar-refractivity contribution in [3.8, 4) is 0 Å².